The van der Waals surface area contributed by atoms with E-state index in [1.165, 1.54) is 0 Å². The van der Waals surface area contributed by atoms with E-state index in [2.05, 4.69) is 53.9 Å². The summed E-state index contributed by atoms with van der Waals surface area (Å²) in [4.78, 5) is 60.5. The van der Waals surface area contributed by atoms with Gasteiger partial charge in [0.1, 0.15) is 18.7 Å². The minimum absolute atomic E-state index is 0.0338. The van der Waals surface area contributed by atoms with Gasteiger partial charge in [0.25, 0.3) is 5.91 Å². The third-order valence-electron chi connectivity index (χ3n) is 11.5. The summed E-state index contributed by atoms with van der Waals surface area (Å²) in [5.41, 5.74) is 6.15. The van der Waals surface area contributed by atoms with E-state index >= 15 is 0 Å². The summed E-state index contributed by atoms with van der Waals surface area (Å²) in [5, 5.41) is 12.7. The molecule has 3 aromatic rings. The molecule has 2 fully saturated rings. The van der Waals surface area contributed by atoms with Crippen LogP contribution in [-0.4, -0.2) is 77.9 Å². The molecule has 2 aliphatic rings. The van der Waals surface area contributed by atoms with Crippen molar-refractivity contribution in [1.82, 2.24) is 25.8 Å². The molecule has 11 nitrogen and oxygen atoms in total. The van der Waals surface area contributed by atoms with Crippen molar-refractivity contribution in [3.8, 4) is 10.4 Å². The fraction of sp³-hybridized carbons (Fsp3) is 0.578. The fourth-order valence-electron chi connectivity index (χ4n) is 8.77. The molecule has 2 aromatic carbocycles. The summed E-state index contributed by atoms with van der Waals surface area (Å²) in [6, 6.07) is 14.2. The van der Waals surface area contributed by atoms with Crippen LogP contribution < -0.4 is 21.3 Å². The van der Waals surface area contributed by atoms with Gasteiger partial charge >= 0.3 is 0 Å². The van der Waals surface area contributed by atoms with Gasteiger partial charge in [0.05, 0.1) is 22.1 Å². The van der Waals surface area contributed by atoms with Gasteiger partial charge in [-0.3, -0.25) is 19.2 Å². The SMILES string of the molecule is Cc1ncsc1-c1ccc([C@H](C)NC(=O)[C@@H]2CCCN2C(=O)C(NC(=O)COCCCCCNc2ccc(C(=O)NC3C(C)(C)CC3(C)C)cc2)C(C)(C)C)cc1. The molecule has 5 rings (SSSR count). The average Bonchev–Trinajstić information content (AvgIpc) is 3.82. The molecule has 3 atom stereocenters. The lowest BCUT2D eigenvalue weighted by molar-refractivity contribution is -0.144. The molecule has 1 unspecified atom stereocenters. The zero-order valence-corrected chi connectivity index (χ0v) is 36.2. The molecule has 57 heavy (non-hydrogen) atoms. The van der Waals surface area contributed by atoms with Gasteiger partial charge in [-0.05, 0) is 104 Å². The molecular weight excluding hydrogens is 737 g/mol. The molecule has 1 saturated heterocycles. The second-order valence-corrected chi connectivity index (χ2v) is 19.2. The second-order valence-electron chi connectivity index (χ2n) is 18.4. The van der Waals surface area contributed by atoms with E-state index in [1.54, 1.807) is 16.2 Å². The maximum Gasteiger partial charge on any atom is 0.251 e. The van der Waals surface area contributed by atoms with Crippen LogP contribution in [0.1, 0.15) is 122 Å². The van der Waals surface area contributed by atoms with Gasteiger partial charge in [0.2, 0.25) is 17.7 Å². The molecule has 0 spiro atoms. The van der Waals surface area contributed by atoms with E-state index in [1.807, 2.05) is 88.7 Å². The van der Waals surface area contributed by atoms with Crippen LogP contribution in [0.15, 0.2) is 54.0 Å². The molecule has 4 amide bonds. The third kappa shape index (κ3) is 11.2. The summed E-state index contributed by atoms with van der Waals surface area (Å²) in [6.07, 6.45) is 5.01. The number of likely N-dealkylation sites (tertiary alicyclic amines) is 1. The van der Waals surface area contributed by atoms with Crippen molar-refractivity contribution in [3.05, 3.63) is 70.9 Å². The number of unbranched alkanes of at least 4 members (excludes halogenated alkanes) is 2. The highest BCUT2D eigenvalue weighted by atomic mass is 32.1. The van der Waals surface area contributed by atoms with Crippen molar-refractivity contribution < 1.29 is 23.9 Å². The Balaban J connectivity index is 0.998. The predicted molar refractivity (Wildman–Crippen MR) is 228 cm³/mol. The lowest BCUT2D eigenvalue weighted by Crippen LogP contribution is -2.63. The zero-order chi connectivity index (χ0) is 41.5. The van der Waals surface area contributed by atoms with Crippen LogP contribution in [0.25, 0.3) is 10.4 Å². The first kappa shape index (κ1) is 43.8. The lowest BCUT2D eigenvalue weighted by atomic mass is 9.52. The fourth-order valence-corrected chi connectivity index (χ4v) is 9.58. The number of carbonyl (C=O) groups is 4. The standard InChI is InChI=1S/C45H64N6O5S/c1-29(31-15-17-32(18-16-31)37-30(2)47-28-57-37)48-40(54)35-14-13-24-51(35)41(55)38(43(3,4)5)49-36(52)26-56-25-12-10-11-23-46-34-21-19-33(20-22-34)39(53)50-42-44(6,7)27-45(42,8)9/h15-22,28-29,35,38,42,46H,10-14,23-27H2,1-9H3,(H,48,54)(H,49,52)(H,50,53)/t29-,35-,38?/m0/s1. The Labute approximate surface area is 343 Å². The van der Waals surface area contributed by atoms with Crippen LogP contribution in [0.2, 0.25) is 0 Å². The number of nitrogens with one attached hydrogen (secondary N) is 4. The van der Waals surface area contributed by atoms with E-state index < -0.39 is 17.5 Å². The molecule has 1 saturated carbocycles. The predicted octanol–water partition coefficient (Wildman–Crippen LogP) is 7.67. The summed E-state index contributed by atoms with van der Waals surface area (Å²) < 4.78 is 5.70. The molecular formula is C45H64N6O5S. The summed E-state index contributed by atoms with van der Waals surface area (Å²) in [5.74, 6) is -0.831. The van der Waals surface area contributed by atoms with Gasteiger partial charge in [-0.15, -0.1) is 11.3 Å². The van der Waals surface area contributed by atoms with Crippen molar-refractivity contribution in [2.24, 2.45) is 16.2 Å². The van der Waals surface area contributed by atoms with Crippen molar-refractivity contribution in [2.45, 2.75) is 125 Å². The van der Waals surface area contributed by atoms with E-state index in [0.29, 0.717) is 31.6 Å². The van der Waals surface area contributed by atoms with Crippen LogP contribution in [0.5, 0.6) is 0 Å². The number of rotatable bonds is 17. The van der Waals surface area contributed by atoms with Crippen molar-refractivity contribution >= 4 is 40.7 Å². The number of aryl methyl sites for hydroxylation is 1. The number of carbonyl (C=O) groups excluding carboxylic acids is 4. The van der Waals surface area contributed by atoms with Crippen LogP contribution in [0.3, 0.4) is 0 Å². The van der Waals surface area contributed by atoms with E-state index in [9.17, 15) is 19.2 Å². The van der Waals surface area contributed by atoms with Gasteiger partial charge in [0, 0.05) is 37.0 Å². The van der Waals surface area contributed by atoms with Crippen LogP contribution in [0.4, 0.5) is 5.69 Å². The maximum absolute atomic E-state index is 14.0. The van der Waals surface area contributed by atoms with E-state index in [-0.39, 0.29) is 53.1 Å². The first-order chi connectivity index (χ1) is 26.9. The molecule has 1 aliphatic heterocycles. The molecule has 2 heterocycles. The Hall–Kier alpha value is -4.29. The smallest absolute Gasteiger partial charge is 0.251 e. The van der Waals surface area contributed by atoms with Gasteiger partial charge in [-0.1, -0.05) is 72.7 Å². The quantitative estimate of drug-likeness (QED) is 0.103. The number of thiazole rings is 1. The van der Waals surface area contributed by atoms with Gasteiger partial charge in [-0.2, -0.15) is 0 Å². The third-order valence-corrected chi connectivity index (χ3v) is 12.4. The van der Waals surface area contributed by atoms with Gasteiger partial charge in [0.15, 0.2) is 0 Å². The zero-order valence-electron chi connectivity index (χ0n) is 35.4. The van der Waals surface area contributed by atoms with Crippen molar-refractivity contribution in [3.63, 3.8) is 0 Å². The average molecular weight is 801 g/mol. The lowest BCUT2D eigenvalue weighted by Gasteiger charge is -2.57. The number of nitrogens with zero attached hydrogens (tertiary/aromatic N) is 2. The van der Waals surface area contributed by atoms with E-state index in [0.717, 1.165) is 59.6 Å². The minimum Gasteiger partial charge on any atom is -0.385 e. The summed E-state index contributed by atoms with van der Waals surface area (Å²) in [6.45, 7) is 20.0. The highest BCUT2D eigenvalue weighted by molar-refractivity contribution is 7.13. The van der Waals surface area contributed by atoms with Crippen molar-refractivity contribution in [2.75, 3.05) is 31.6 Å². The molecule has 1 aliphatic carbocycles. The number of benzene rings is 2. The maximum atomic E-state index is 14.0. The number of amides is 4. The normalized spacial score (nSPS) is 18.6. The second kappa shape index (κ2) is 18.5. The number of hydrogen-bond donors (Lipinski definition) is 4. The van der Waals surface area contributed by atoms with Crippen LogP contribution in [-0.2, 0) is 19.1 Å². The monoisotopic (exact) mass is 800 g/mol. The Bertz CT molecular complexity index is 1830. The summed E-state index contributed by atoms with van der Waals surface area (Å²) >= 11 is 1.60. The van der Waals surface area contributed by atoms with E-state index in [4.69, 9.17) is 4.74 Å². The van der Waals surface area contributed by atoms with Gasteiger partial charge < -0.3 is 30.9 Å². The van der Waals surface area contributed by atoms with Crippen molar-refractivity contribution in [1.29, 1.82) is 0 Å². The first-order valence-corrected chi connectivity index (χ1v) is 21.4. The Morgan fingerprint density at radius 1 is 0.947 bits per heavy atom. The molecule has 0 bridgehead atoms. The Morgan fingerprint density at radius 3 is 2.25 bits per heavy atom. The molecule has 0 radical (unpaired) electrons. The van der Waals surface area contributed by atoms with Crippen LogP contribution in [0, 0.1) is 23.2 Å². The first-order valence-electron chi connectivity index (χ1n) is 20.5. The topological polar surface area (TPSA) is 142 Å². The highest BCUT2D eigenvalue weighted by Crippen LogP contribution is 2.53. The minimum atomic E-state index is -0.807. The number of anilines is 1. The highest BCUT2D eigenvalue weighted by Gasteiger charge is 2.53. The Kier molecular flexibility index (Phi) is 14.2. The number of hydrogen-bond acceptors (Lipinski definition) is 8. The van der Waals surface area contributed by atoms with Gasteiger partial charge in [-0.25, -0.2) is 4.98 Å². The largest absolute Gasteiger partial charge is 0.385 e. The summed E-state index contributed by atoms with van der Waals surface area (Å²) in [7, 11) is 0. The number of aromatic nitrogens is 1. The molecule has 310 valence electrons. The number of ether oxygens (including phenoxy) is 1. The van der Waals surface area contributed by atoms with Crippen LogP contribution >= 0.6 is 11.3 Å². The molecule has 1 aromatic heterocycles. The molecule has 12 heteroatoms. The molecule has 4 N–H and O–H groups in total. The Morgan fingerprint density at radius 2 is 1.63 bits per heavy atom.